The molecule has 23 heavy (non-hydrogen) atoms. The maximum absolute atomic E-state index is 5.99. The minimum Gasteiger partial charge on any atom is -0.383 e. The van der Waals surface area contributed by atoms with E-state index in [9.17, 15) is 0 Å². The second-order valence-electron chi connectivity index (χ2n) is 4.82. The van der Waals surface area contributed by atoms with Gasteiger partial charge in [0.1, 0.15) is 11.7 Å². The highest BCUT2D eigenvalue weighted by molar-refractivity contribution is 7.12. The van der Waals surface area contributed by atoms with Gasteiger partial charge in [0.15, 0.2) is 0 Å². The Kier molecular flexibility index (Phi) is 4.85. The number of nitrogens with zero attached hydrogens (tertiary/aromatic N) is 2. The fraction of sp³-hybridized carbons (Fsp3) is 0.0588. The van der Waals surface area contributed by atoms with Crippen LogP contribution in [0.15, 0.2) is 69.3 Å². The molecule has 0 saturated heterocycles. The average Bonchev–Trinajstić information content (AvgIpc) is 3.27. The van der Waals surface area contributed by atoms with Crippen molar-refractivity contribution in [1.29, 1.82) is 0 Å². The molecule has 2 aromatic heterocycles. The molecule has 0 aliphatic carbocycles. The van der Waals surface area contributed by atoms with E-state index < -0.39 is 0 Å². The van der Waals surface area contributed by atoms with Crippen molar-refractivity contribution in [3.05, 3.63) is 74.6 Å². The fourth-order valence-corrected chi connectivity index (χ4v) is 3.25. The molecule has 0 saturated carbocycles. The molecule has 0 radical (unpaired) electrons. The smallest absolute Gasteiger partial charge is 0.141 e. The van der Waals surface area contributed by atoms with Crippen molar-refractivity contribution >= 4 is 40.0 Å². The van der Waals surface area contributed by atoms with Gasteiger partial charge in [-0.3, -0.25) is 4.99 Å². The van der Waals surface area contributed by atoms with E-state index in [0.717, 1.165) is 21.0 Å². The SMILES string of the molecule is NC(=NCc1ccc(N=C(N)c2cccs2)cc1)c1cccs1. The number of benzene rings is 1. The normalized spacial score (nSPS) is 12.5. The van der Waals surface area contributed by atoms with Crippen molar-refractivity contribution in [3.63, 3.8) is 0 Å². The van der Waals surface area contributed by atoms with Crippen LogP contribution in [0.2, 0.25) is 0 Å². The topological polar surface area (TPSA) is 76.8 Å². The molecule has 116 valence electrons. The molecule has 0 amide bonds. The van der Waals surface area contributed by atoms with Gasteiger partial charge in [0, 0.05) is 0 Å². The Hall–Kier alpha value is -2.44. The first kappa shape index (κ1) is 15.5. The second-order valence-corrected chi connectivity index (χ2v) is 6.71. The van der Waals surface area contributed by atoms with E-state index in [4.69, 9.17) is 11.5 Å². The lowest BCUT2D eigenvalue weighted by molar-refractivity contribution is 1.06. The van der Waals surface area contributed by atoms with Crippen LogP contribution in [-0.4, -0.2) is 11.7 Å². The summed E-state index contributed by atoms with van der Waals surface area (Å²) in [5.41, 5.74) is 13.9. The van der Waals surface area contributed by atoms with Crippen molar-refractivity contribution in [1.82, 2.24) is 0 Å². The Morgan fingerprint density at radius 2 is 1.43 bits per heavy atom. The number of hydrogen-bond donors (Lipinski definition) is 2. The Labute approximate surface area is 142 Å². The summed E-state index contributed by atoms with van der Waals surface area (Å²) >= 11 is 3.16. The molecule has 0 bridgehead atoms. The molecule has 3 rings (SSSR count). The quantitative estimate of drug-likeness (QED) is 0.548. The van der Waals surface area contributed by atoms with Crippen molar-refractivity contribution in [2.24, 2.45) is 21.5 Å². The van der Waals surface area contributed by atoms with Gasteiger partial charge in [0.05, 0.1) is 22.0 Å². The molecular formula is C17H16N4S2. The number of hydrogen-bond acceptors (Lipinski definition) is 4. The van der Waals surface area contributed by atoms with Crippen molar-refractivity contribution in [3.8, 4) is 0 Å². The first-order chi connectivity index (χ1) is 11.2. The van der Waals surface area contributed by atoms with Crippen LogP contribution in [0.1, 0.15) is 15.3 Å². The van der Waals surface area contributed by atoms with Crippen molar-refractivity contribution in [2.75, 3.05) is 0 Å². The zero-order valence-corrected chi connectivity index (χ0v) is 14.0. The van der Waals surface area contributed by atoms with E-state index in [1.165, 1.54) is 0 Å². The molecule has 0 spiro atoms. The van der Waals surface area contributed by atoms with Gasteiger partial charge < -0.3 is 11.5 Å². The fourth-order valence-electron chi connectivity index (χ4n) is 1.97. The molecule has 2 heterocycles. The van der Waals surface area contributed by atoms with Gasteiger partial charge >= 0.3 is 0 Å². The number of rotatable bonds is 5. The monoisotopic (exact) mass is 340 g/mol. The summed E-state index contributed by atoms with van der Waals surface area (Å²) in [6.07, 6.45) is 0. The molecule has 0 unspecified atom stereocenters. The summed E-state index contributed by atoms with van der Waals surface area (Å²) in [5, 5.41) is 3.97. The maximum Gasteiger partial charge on any atom is 0.141 e. The molecule has 6 heteroatoms. The molecule has 0 aliphatic heterocycles. The van der Waals surface area contributed by atoms with Crippen LogP contribution in [0.25, 0.3) is 0 Å². The second kappa shape index (κ2) is 7.21. The van der Waals surface area contributed by atoms with Crippen LogP contribution in [-0.2, 0) is 6.54 Å². The first-order valence-corrected chi connectivity index (χ1v) is 8.79. The van der Waals surface area contributed by atoms with E-state index in [0.29, 0.717) is 18.2 Å². The Morgan fingerprint density at radius 1 is 0.826 bits per heavy atom. The zero-order valence-electron chi connectivity index (χ0n) is 12.3. The van der Waals surface area contributed by atoms with Crippen LogP contribution < -0.4 is 11.5 Å². The van der Waals surface area contributed by atoms with E-state index in [-0.39, 0.29) is 0 Å². The summed E-state index contributed by atoms with van der Waals surface area (Å²) in [6, 6.07) is 15.7. The highest BCUT2D eigenvalue weighted by Gasteiger charge is 2.01. The van der Waals surface area contributed by atoms with E-state index in [1.807, 2.05) is 59.3 Å². The number of amidine groups is 2. The highest BCUT2D eigenvalue weighted by Crippen LogP contribution is 2.17. The van der Waals surface area contributed by atoms with Gasteiger partial charge in [-0.15, -0.1) is 22.7 Å². The minimum atomic E-state index is 0.535. The standard InChI is InChI=1S/C17H16N4S2/c18-16(14-3-1-9-22-14)20-11-12-5-7-13(8-6-12)21-17(19)15-4-2-10-23-15/h1-10H,11H2,(H2,18,20)(H2,19,21). The summed E-state index contributed by atoms with van der Waals surface area (Å²) in [5.74, 6) is 1.11. The van der Waals surface area contributed by atoms with Crippen LogP contribution in [0.4, 0.5) is 5.69 Å². The summed E-state index contributed by atoms with van der Waals surface area (Å²) in [7, 11) is 0. The molecule has 4 N–H and O–H groups in total. The van der Waals surface area contributed by atoms with E-state index in [2.05, 4.69) is 9.98 Å². The number of nitrogens with two attached hydrogens (primary N) is 2. The lowest BCUT2D eigenvalue weighted by Crippen LogP contribution is -2.11. The van der Waals surface area contributed by atoms with Gasteiger partial charge in [-0.2, -0.15) is 0 Å². The number of thiophene rings is 2. The minimum absolute atomic E-state index is 0.535. The molecule has 0 aliphatic rings. The molecule has 0 fully saturated rings. The van der Waals surface area contributed by atoms with E-state index >= 15 is 0 Å². The largest absolute Gasteiger partial charge is 0.383 e. The summed E-state index contributed by atoms with van der Waals surface area (Å²) in [4.78, 5) is 10.8. The van der Waals surface area contributed by atoms with Gasteiger partial charge in [-0.05, 0) is 40.6 Å². The van der Waals surface area contributed by atoms with Gasteiger partial charge in [0.2, 0.25) is 0 Å². The molecule has 1 aromatic carbocycles. The third-order valence-corrected chi connectivity index (χ3v) is 4.95. The summed E-state index contributed by atoms with van der Waals surface area (Å²) < 4.78 is 0. The third-order valence-electron chi connectivity index (χ3n) is 3.17. The van der Waals surface area contributed by atoms with Crippen molar-refractivity contribution < 1.29 is 0 Å². The number of aliphatic imine (C=N–C) groups is 2. The van der Waals surface area contributed by atoms with Crippen LogP contribution >= 0.6 is 22.7 Å². The third kappa shape index (κ3) is 4.06. The Morgan fingerprint density at radius 3 is 2.00 bits per heavy atom. The van der Waals surface area contributed by atoms with Gasteiger partial charge in [-0.25, -0.2) is 4.99 Å². The van der Waals surface area contributed by atoms with Gasteiger partial charge in [-0.1, -0.05) is 24.3 Å². The highest BCUT2D eigenvalue weighted by atomic mass is 32.1. The average molecular weight is 340 g/mol. The Balaban J connectivity index is 1.68. The van der Waals surface area contributed by atoms with Crippen LogP contribution in [0.5, 0.6) is 0 Å². The lowest BCUT2D eigenvalue weighted by Gasteiger charge is -2.01. The van der Waals surface area contributed by atoms with Crippen molar-refractivity contribution in [2.45, 2.75) is 6.54 Å². The van der Waals surface area contributed by atoms with E-state index in [1.54, 1.807) is 22.7 Å². The van der Waals surface area contributed by atoms with Gasteiger partial charge in [0.25, 0.3) is 0 Å². The molecule has 0 atom stereocenters. The predicted molar refractivity (Wildman–Crippen MR) is 99.9 cm³/mol. The molecule has 3 aromatic rings. The summed E-state index contributed by atoms with van der Waals surface area (Å²) in [6.45, 7) is 0.550. The first-order valence-electron chi connectivity index (χ1n) is 7.03. The Bertz CT molecular complexity index is 801. The maximum atomic E-state index is 5.99. The predicted octanol–water partition coefficient (Wildman–Crippen LogP) is 3.75. The zero-order chi connectivity index (χ0) is 16.1. The van der Waals surface area contributed by atoms with Crippen LogP contribution in [0.3, 0.4) is 0 Å². The lowest BCUT2D eigenvalue weighted by atomic mass is 10.2. The molecular weight excluding hydrogens is 324 g/mol. The van der Waals surface area contributed by atoms with Crippen LogP contribution in [0, 0.1) is 0 Å². The molecule has 4 nitrogen and oxygen atoms in total.